The molecule has 0 bridgehead atoms. The van der Waals surface area contributed by atoms with Crippen LogP contribution in [-0.2, 0) is 13.7 Å². The Morgan fingerprint density at radius 1 is 1.05 bits per heavy atom. The Morgan fingerprint density at radius 2 is 1.81 bits per heavy atom. The van der Waals surface area contributed by atoms with Crippen LogP contribution in [0, 0.1) is 0 Å². The van der Waals surface area contributed by atoms with Crippen molar-refractivity contribution in [1.29, 1.82) is 0 Å². The average molecular weight is 302 g/mol. The zero-order valence-electron chi connectivity index (χ0n) is 12.0. The molecule has 0 fully saturated rings. The van der Waals surface area contributed by atoms with E-state index in [0.717, 1.165) is 33.1 Å². The summed E-state index contributed by atoms with van der Waals surface area (Å²) in [5.41, 5.74) is 2.10. The first-order valence-electron chi connectivity index (χ1n) is 6.68. The van der Waals surface area contributed by atoms with Gasteiger partial charge in [-0.05, 0) is 24.3 Å². The number of ether oxygens (including phenoxy) is 2. The summed E-state index contributed by atoms with van der Waals surface area (Å²) in [5.74, 6) is 1.57. The molecule has 108 valence electrons. The van der Waals surface area contributed by atoms with Crippen molar-refractivity contribution in [3.8, 4) is 11.5 Å². The zero-order valence-corrected chi connectivity index (χ0v) is 12.7. The second-order valence-corrected chi connectivity index (χ2v) is 5.25. The van der Waals surface area contributed by atoms with Gasteiger partial charge in [0.25, 0.3) is 0 Å². The molecule has 0 spiro atoms. The second-order valence-electron chi connectivity index (χ2n) is 4.84. The summed E-state index contributed by atoms with van der Waals surface area (Å²) in [6.07, 6.45) is 0. The number of hydrogen-bond acceptors (Lipinski definition) is 2. The monoisotopic (exact) mass is 301 g/mol. The van der Waals surface area contributed by atoms with E-state index in [0.29, 0.717) is 6.61 Å². The summed E-state index contributed by atoms with van der Waals surface area (Å²) < 4.78 is 13.1. The molecule has 0 aliphatic rings. The molecule has 0 atom stereocenters. The predicted molar refractivity (Wildman–Crippen MR) is 85.3 cm³/mol. The zero-order chi connectivity index (χ0) is 14.8. The quantitative estimate of drug-likeness (QED) is 0.712. The Morgan fingerprint density at radius 3 is 2.57 bits per heavy atom. The molecule has 0 saturated carbocycles. The number of aryl methyl sites for hydroxylation is 1. The second kappa shape index (κ2) is 5.70. The van der Waals surface area contributed by atoms with Gasteiger partial charge in [-0.25, -0.2) is 0 Å². The van der Waals surface area contributed by atoms with Crippen LogP contribution < -0.4 is 9.47 Å². The van der Waals surface area contributed by atoms with Gasteiger partial charge in [0, 0.05) is 18.5 Å². The number of fused-ring (bicyclic) bond motifs is 1. The number of hydrogen-bond donors (Lipinski definition) is 0. The van der Waals surface area contributed by atoms with Crippen molar-refractivity contribution in [2.45, 2.75) is 6.61 Å². The fraction of sp³-hybridized carbons (Fsp3) is 0.176. The fourth-order valence-electron chi connectivity index (χ4n) is 2.41. The van der Waals surface area contributed by atoms with Crippen LogP contribution >= 0.6 is 11.6 Å². The molecule has 2 aromatic carbocycles. The van der Waals surface area contributed by atoms with Gasteiger partial charge in [-0.15, -0.1) is 0 Å². The van der Waals surface area contributed by atoms with Crippen LogP contribution in [0.1, 0.15) is 5.69 Å². The third kappa shape index (κ3) is 2.69. The maximum atomic E-state index is 6.25. The van der Waals surface area contributed by atoms with Crippen LogP contribution in [-0.4, -0.2) is 11.7 Å². The van der Waals surface area contributed by atoms with Gasteiger partial charge in [0.2, 0.25) is 0 Å². The van der Waals surface area contributed by atoms with E-state index < -0.39 is 0 Å². The Balaban J connectivity index is 1.85. The highest BCUT2D eigenvalue weighted by Gasteiger charge is 2.09. The molecule has 1 heterocycles. The molecule has 0 aliphatic heterocycles. The standard InChI is InChI=1S/C17H16ClNO2/c1-19-13(9-12-5-3-8-16(18)17(12)19)11-21-15-7-4-6-14(10-15)20-2/h3-10H,11H2,1-2H3. The molecule has 0 saturated heterocycles. The first-order chi connectivity index (χ1) is 10.2. The van der Waals surface area contributed by atoms with E-state index in [1.807, 2.05) is 43.4 Å². The maximum absolute atomic E-state index is 6.25. The number of rotatable bonds is 4. The van der Waals surface area contributed by atoms with E-state index >= 15 is 0 Å². The van der Waals surface area contributed by atoms with Crippen molar-refractivity contribution in [1.82, 2.24) is 4.57 Å². The predicted octanol–water partition coefficient (Wildman–Crippen LogP) is 4.42. The molecule has 3 nitrogen and oxygen atoms in total. The van der Waals surface area contributed by atoms with Crippen LogP contribution in [0.5, 0.6) is 11.5 Å². The van der Waals surface area contributed by atoms with E-state index in [9.17, 15) is 0 Å². The summed E-state index contributed by atoms with van der Waals surface area (Å²) in [6.45, 7) is 0.481. The molecule has 0 aliphatic carbocycles. The molecule has 3 rings (SSSR count). The number of nitrogens with zero attached hydrogens (tertiary/aromatic N) is 1. The third-order valence-corrected chi connectivity index (χ3v) is 3.84. The molecule has 0 radical (unpaired) electrons. The van der Waals surface area contributed by atoms with Gasteiger partial charge in [-0.2, -0.15) is 0 Å². The van der Waals surface area contributed by atoms with Crippen molar-refractivity contribution in [3.63, 3.8) is 0 Å². The van der Waals surface area contributed by atoms with Gasteiger partial charge >= 0.3 is 0 Å². The largest absolute Gasteiger partial charge is 0.497 e. The molecule has 3 aromatic rings. The molecular weight excluding hydrogens is 286 g/mol. The fourth-order valence-corrected chi connectivity index (χ4v) is 2.72. The van der Waals surface area contributed by atoms with Crippen molar-refractivity contribution in [3.05, 3.63) is 59.2 Å². The highest BCUT2D eigenvalue weighted by atomic mass is 35.5. The topological polar surface area (TPSA) is 23.4 Å². The Labute approximate surface area is 128 Å². The van der Waals surface area contributed by atoms with Crippen LogP contribution in [0.15, 0.2) is 48.5 Å². The Hall–Kier alpha value is -2.13. The maximum Gasteiger partial charge on any atom is 0.128 e. The molecule has 0 unspecified atom stereocenters. The summed E-state index contributed by atoms with van der Waals surface area (Å²) in [5, 5.41) is 1.87. The smallest absolute Gasteiger partial charge is 0.128 e. The number of para-hydroxylation sites is 1. The van der Waals surface area contributed by atoms with Gasteiger partial charge < -0.3 is 14.0 Å². The van der Waals surface area contributed by atoms with Crippen molar-refractivity contribution in [2.24, 2.45) is 7.05 Å². The lowest BCUT2D eigenvalue weighted by Gasteiger charge is -2.09. The van der Waals surface area contributed by atoms with Crippen LogP contribution in [0.25, 0.3) is 10.9 Å². The number of aromatic nitrogens is 1. The number of benzene rings is 2. The van der Waals surface area contributed by atoms with E-state index in [1.165, 1.54) is 0 Å². The van der Waals surface area contributed by atoms with Crippen molar-refractivity contribution < 1.29 is 9.47 Å². The van der Waals surface area contributed by atoms with E-state index in [4.69, 9.17) is 21.1 Å². The lowest BCUT2D eigenvalue weighted by Crippen LogP contribution is -2.02. The van der Waals surface area contributed by atoms with Gasteiger partial charge in [-0.1, -0.05) is 29.8 Å². The summed E-state index contributed by atoms with van der Waals surface area (Å²) in [4.78, 5) is 0. The Kier molecular flexibility index (Phi) is 3.76. The number of methoxy groups -OCH3 is 1. The molecule has 4 heteroatoms. The molecule has 0 amide bonds. The van der Waals surface area contributed by atoms with Gasteiger partial charge in [-0.3, -0.25) is 0 Å². The average Bonchev–Trinajstić information content (AvgIpc) is 2.83. The molecule has 21 heavy (non-hydrogen) atoms. The summed E-state index contributed by atoms with van der Waals surface area (Å²) in [7, 11) is 3.64. The highest BCUT2D eigenvalue weighted by molar-refractivity contribution is 6.35. The van der Waals surface area contributed by atoms with E-state index in [2.05, 4.69) is 16.7 Å². The van der Waals surface area contributed by atoms with Crippen LogP contribution in [0.2, 0.25) is 5.02 Å². The first kappa shape index (κ1) is 13.8. The molecular formula is C17H16ClNO2. The molecule has 1 aromatic heterocycles. The van der Waals surface area contributed by atoms with Gasteiger partial charge in [0.15, 0.2) is 0 Å². The lowest BCUT2D eigenvalue weighted by atomic mass is 10.2. The summed E-state index contributed by atoms with van der Waals surface area (Å²) in [6, 6.07) is 15.6. The van der Waals surface area contributed by atoms with E-state index in [1.54, 1.807) is 7.11 Å². The van der Waals surface area contributed by atoms with Crippen LogP contribution in [0.3, 0.4) is 0 Å². The molecule has 0 N–H and O–H groups in total. The van der Waals surface area contributed by atoms with Crippen molar-refractivity contribution >= 4 is 22.5 Å². The highest BCUT2D eigenvalue weighted by Crippen LogP contribution is 2.27. The Bertz CT molecular complexity index is 780. The third-order valence-electron chi connectivity index (χ3n) is 3.53. The van der Waals surface area contributed by atoms with Gasteiger partial charge in [0.1, 0.15) is 18.1 Å². The first-order valence-corrected chi connectivity index (χ1v) is 7.06. The lowest BCUT2D eigenvalue weighted by molar-refractivity contribution is 0.295. The van der Waals surface area contributed by atoms with E-state index in [-0.39, 0.29) is 0 Å². The normalized spacial score (nSPS) is 10.8. The number of halogens is 1. The minimum absolute atomic E-state index is 0.481. The minimum Gasteiger partial charge on any atom is -0.497 e. The minimum atomic E-state index is 0.481. The SMILES string of the molecule is COc1cccc(OCc2cc3cccc(Cl)c3n2C)c1. The van der Waals surface area contributed by atoms with Gasteiger partial charge in [0.05, 0.1) is 23.3 Å². The van der Waals surface area contributed by atoms with Crippen LogP contribution in [0.4, 0.5) is 0 Å². The van der Waals surface area contributed by atoms with Crippen molar-refractivity contribution in [2.75, 3.05) is 7.11 Å². The summed E-state index contributed by atoms with van der Waals surface area (Å²) >= 11 is 6.25.